The van der Waals surface area contributed by atoms with Crippen molar-refractivity contribution in [2.75, 3.05) is 37.7 Å². The second-order valence-electron chi connectivity index (χ2n) is 7.67. The normalized spacial score (nSPS) is 14.9. The number of esters is 1. The number of amides is 1. The van der Waals surface area contributed by atoms with Crippen LogP contribution >= 0.6 is 11.3 Å². The Morgan fingerprint density at radius 1 is 1.03 bits per heavy atom. The Bertz CT molecular complexity index is 1150. The molecule has 8 heteroatoms. The fraction of sp³-hybridized carbons (Fsp3) is 0.250. The van der Waals surface area contributed by atoms with Gasteiger partial charge in [0, 0.05) is 47.9 Å². The first-order valence-corrected chi connectivity index (χ1v) is 11.2. The second-order valence-corrected chi connectivity index (χ2v) is 8.72. The van der Waals surface area contributed by atoms with Crippen molar-refractivity contribution in [2.24, 2.45) is 0 Å². The Morgan fingerprint density at radius 2 is 1.78 bits per heavy atom. The van der Waals surface area contributed by atoms with E-state index in [2.05, 4.69) is 4.90 Å². The highest BCUT2D eigenvalue weighted by Gasteiger charge is 2.25. The Hall–Kier alpha value is -3.39. The number of para-hydroxylation sites is 1. The number of hydrogen-bond donors (Lipinski definition) is 0. The third-order valence-electron chi connectivity index (χ3n) is 5.68. The quantitative estimate of drug-likeness (QED) is 0.561. The molecule has 2 aromatic carbocycles. The van der Waals surface area contributed by atoms with E-state index >= 15 is 0 Å². The predicted molar refractivity (Wildman–Crippen MR) is 120 cm³/mol. The first kappa shape index (κ1) is 20.5. The minimum absolute atomic E-state index is 0.216. The summed E-state index contributed by atoms with van der Waals surface area (Å²) in [5.74, 6) is -0.184. The van der Waals surface area contributed by atoms with Gasteiger partial charge in [-0.2, -0.15) is 0 Å². The molecule has 32 heavy (non-hydrogen) atoms. The van der Waals surface area contributed by atoms with Crippen molar-refractivity contribution in [2.45, 2.75) is 6.61 Å². The van der Waals surface area contributed by atoms with Gasteiger partial charge in [0.15, 0.2) is 6.61 Å². The number of carbonyl (C=O) groups excluding carboxylic acids is 2. The van der Waals surface area contributed by atoms with Gasteiger partial charge in [-0.3, -0.25) is 4.79 Å². The average molecular weight is 453 g/mol. The van der Waals surface area contributed by atoms with E-state index in [4.69, 9.17) is 9.47 Å². The zero-order valence-corrected chi connectivity index (χ0v) is 18.1. The van der Waals surface area contributed by atoms with Gasteiger partial charge >= 0.3 is 5.97 Å². The maximum atomic E-state index is 13.1. The summed E-state index contributed by atoms with van der Waals surface area (Å²) in [7, 11) is 0. The summed E-state index contributed by atoms with van der Waals surface area (Å²) < 4.78 is 24.2. The van der Waals surface area contributed by atoms with Crippen LogP contribution in [0.25, 0.3) is 10.4 Å². The van der Waals surface area contributed by atoms with Gasteiger partial charge in [-0.25, -0.2) is 9.18 Å². The van der Waals surface area contributed by atoms with Crippen LogP contribution in [0, 0.1) is 5.82 Å². The summed E-state index contributed by atoms with van der Waals surface area (Å²) in [6, 6.07) is 15.8. The number of ether oxygens (including phenoxy) is 2. The maximum Gasteiger partial charge on any atom is 0.348 e. The van der Waals surface area contributed by atoms with Crippen LogP contribution in [0.2, 0.25) is 0 Å². The molecule has 1 aromatic heterocycles. The zero-order chi connectivity index (χ0) is 22.1. The van der Waals surface area contributed by atoms with Crippen molar-refractivity contribution < 1.29 is 23.5 Å². The molecule has 2 aliphatic heterocycles. The van der Waals surface area contributed by atoms with Gasteiger partial charge < -0.3 is 19.3 Å². The Kier molecular flexibility index (Phi) is 5.53. The zero-order valence-electron chi connectivity index (χ0n) is 17.3. The second kappa shape index (κ2) is 8.63. The first-order valence-electron chi connectivity index (χ1n) is 10.4. The number of halogens is 1. The molecule has 0 saturated carbocycles. The molecular weight excluding hydrogens is 431 g/mol. The van der Waals surface area contributed by atoms with Crippen LogP contribution in [-0.4, -0.2) is 49.6 Å². The number of thiophene rings is 1. The van der Waals surface area contributed by atoms with E-state index in [1.165, 1.54) is 23.5 Å². The molecule has 164 valence electrons. The largest absolute Gasteiger partial charge is 0.488 e. The molecule has 5 rings (SSSR count). The standard InChI is InChI=1S/C24H21FN2O4S/c25-17-5-7-18(8-6-17)26-9-11-27(12-10-26)22(28)15-31-24(29)21-13-16-14-30-20-4-2-1-3-19(20)23(16)32-21/h1-8,13H,9-12,14-15H2. The summed E-state index contributed by atoms with van der Waals surface area (Å²) in [5, 5.41) is 0. The van der Waals surface area contributed by atoms with Crippen LogP contribution in [0.15, 0.2) is 54.6 Å². The monoisotopic (exact) mass is 452 g/mol. The predicted octanol–water partition coefficient (Wildman–Crippen LogP) is 3.95. The minimum atomic E-state index is -0.500. The summed E-state index contributed by atoms with van der Waals surface area (Å²) >= 11 is 1.36. The van der Waals surface area contributed by atoms with E-state index in [1.807, 2.05) is 24.3 Å². The van der Waals surface area contributed by atoms with E-state index in [9.17, 15) is 14.0 Å². The van der Waals surface area contributed by atoms with Crippen LogP contribution in [0.5, 0.6) is 5.75 Å². The summed E-state index contributed by atoms with van der Waals surface area (Å²) in [6.45, 7) is 2.45. The van der Waals surface area contributed by atoms with Crippen LogP contribution in [0.1, 0.15) is 15.2 Å². The van der Waals surface area contributed by atoms with Crippen molar-refractivity contribution in [3.8, 4) is 16.2 Å². The van der Waals surface area contributed by atoms with Crippen molar-refractivity contribution in [3.05, 3.63) is 70.9 Å². The van der Waals surface area contributed by atoms with E-state index in [0.29, 0.717) is 37.7 Å². The molecule has 1 saturated heterocycles. The van der Waals surface area contributed by atoms with Gasteiger partial charge in [-0.1, -0.05) is 12.1 Å². The molecule has 3 aromatic rings. The molecule has 0 aliphatic carbocycles. The SMILES string of the molecule is O=C(OCC(=O)N1CCN(c2ccc(F)cc2)CC1)c1cc2c(s1)-c1ccccc1OC2. The fourth-order valence-electron chi connectivity index (χ4n) is 3.96. The van der Waals surface area contributed by atoms with Crippen LogP contribution in [-0.2, 0) is 16.1 Å². The first-order chi connectivity index (χ1) is 15.6. The number of anilines is 1. The minimum Gasteiger partial charge on any atom is -0.488 e. The van der Waals surface area contributed by atoms with Gasteiger partial charge in [0.25, 0.3) is 5.91 Å². The van der Waals surface area contributed by atoms with E-state index in [0.717, 1.165) is 27.4 Å². The maximum absolute atomic E-state index is 13.1. The summed E-state index contributed by atoms with van der Waals surface area (Å²) in [5.41, 5.74) is 2.84. The molecule has 6 nitrogen and oxygen atoms in total. The lowest BCUT2D eigenvalue weighted by Gasteiger charge is -2.36. The Balaban J connectivity index is 1.16. The molecule has 0 unspecified atom stereocenters. The Morgan fingerprint density at radius 3 is 2.56 bits per heavy atom. The molecule has 0 bridgehead atoms. The molecular formula is C24H21FN2O4S. The number of benzene rings is 2. The van der Waals surface area contributed by atoms with E-state index in [1.54, 1.807) is 23.1 Å². The number of rotatable bonds is 4. The molecule has 0 radical (unpaired) electrons. The molecule has 0 atom stereocenters. The third-order valence-corrected chi connectivity index (χ3v) is 6.87. The van der Waals surface area contributed by atoms with Gasteiger partial charge in [-0.05, 0) is 42.5 Å². The van der Waals surface area contributed by atoms with Gasteiger partial charge in [0.1, 0.15) is 23.1 Å². The lowest BCUT2D eigenvalue weighted by atomic mass is 10.1. The topological polar surface area (TPSA) is 59.1 Å². The van der Waals surface area contributed by atoms with Crippen LogP contribution in [0.3, 0.4) is 0 Å². The van der Waals surface area contributed by atoms with Crippen molar-refractivity contribution in [1.82, 2.24) is 4.90 Å². The van der Waals surface area contributed by atoms with Gasteiger partial charge in [-0.15, -0.1) is 11.3 Å². The number of nitrogens with zero attached hydrogens (tertiary/aromatic N) is 2. The van der Waals surface area contributed by atoms with Gasteiger partial charge in [0.05, 0.1) is 0 Å². The van der Waals surface area contributed by atoms with Gasteiger partial charge in [0.2, 0.25) is 0 Å². The number of piperazine rings is 1. The molecule has 0 spiro atoms. The van der Waals surface area contributed by atoms with Crippen molar-refractivity contribution >= 4 is 28.9 Å². The molecule has 2 aliphatic rings. The van der Waals surface area contributed by atoms with Crippen molar-refractivity contribution in [3.63, 3.8) is 0 Å². The van der Waals surface area contributed by atoms with Crippen molar-refractivity contribution in [1.29, 1.82) is 0 Å². The summed E-state index contributed by atoms with van der Waals surface area (Å²) in [6.07, 6.45) is 0. The van der Waals surface area contributed by atoms with Crippen LogP contribution < -0.4 is 9.64 Å². The molecule has 1 amide bonds. The lowest BCUT2D eigenvalue weighted by molar-refractivity contribution is -0.134. The smallest absolute Gasteiger partial charge is 0.348 e. The highest BCUT2D eigenvalue weighted by Crippen LogP contribution is 2.42. The number of hydrogen-bond acceptors (Lipinski definition) is 6. The number of fused-ring (bicyclic) bond motifs is 3. The fourth-order valence-corrected chi connectivity index (χ4v) is 5.05. The molecule has 3 heterocycles. The average Bonchev–Trinajstić information content (AvgIpc) is 3.28. The Labute approximate surface area is 188 Å². The van der Waals surface area contributed by atoms with E-state index < -0.39 is 5.97 Å². The highest BCUT2D eigenvalue weighted by atomic mass is 32.1. The number of carbonyl (C=O) groups is 2. The highest BCUT2D eigenvalue weighted by molar-refractivity contribution is 7.17. The third kappa shape index (κ3) is 4.05. The molecule has 0 N–H and O–H groups in total. The van der Waals surface area contributed by atoms with E-state index in [-0.39, 0.29) is 18.3 Å². The van der Waals surface area contributed by atoms with Crippen LogP contribution in [0.4, 0.5) is 10.1 Å². The summed E-state index contributed by atoms with van der Waals surface area (Å²) in [4.78, 5) is 30.4. The lowest BCUT2D eigenvalue weighted by Crippen LogP contribution is -2.49. The molecule has 1 fully saturated rings.